The Balaban J connectivity index is 2.50. The van der Waals surface area contributed by atoms with E-state index < -0.39 is 11.9 Å². The molecule has 0 aliphatic rings. The van der Waals surface area contributed by atoms with Gasteiger partial charge in [-0.05, 0) is 13.0 Å². The van der Waals surface area contributed by atoms with E-state index in [1.54, 1.807) is 6.08 Å². The molecule has 9 heteroatoms. The van der Waals surface area contributed by atoms with Crippen molar-refractivity contribution in [1.82, 2.24) is 20.6 Å². The number of guanidine groups is 1. The highest BCUT2D eigenvalue weighted by atomic mass is 19.4. The lowest BCUT2D eigenvalue weighted by molar-refractivity contribution is -0.141. The Morgan fingerprint density at radius 3 is 2.82 bits per heavy atom. The summed E-state index contributed by atoms with van der Waals surface area (Å²) in [6.45, 7) is 7.45. The van der Waals surface area contributed by atoms with Crippen molar-refractivity contribution in [3.63, 3.8) is 0 Å². The zero-order valence-corrected chi connectivity index (χ0v) is 12.2. The van der Waals surface area contributed by atoms with Gasteiger partial charge in [-0.1, -0.05) is 6.08 Å². The average Bonchev–Trinajstić information content (AvgIpc) is 2.48. The number of anilines is 1. The van der Waals surface area contributed by atoms with E-state index in [1.165, 1.54) is 0 Å². The van der Waals surface area contributed by atoms with E-state index in [4.69, 9.17) is 0 Å². The number of aromatic nitrogens is 2. The third kappa shape index (κ3) is 6.42. The molecule has 0 saturated carbocycles. The van der Waals surface area contributed by atoms with Crippen molar-refractivity contribution in [1.29, 1.82) is 0 Å². The van der Waals surface area contributed by atoms with Crippen LogP contribution in [0, 0.1) is 0 Å². The fraction of sp³-hybridized carbons (Fsp3) is 0.462. The van der Waals surface area contributed by atoms with E-state index in [-0.39, 0.29) is 5.95 Å². The van der Waals surface area contributed by atoms with Crippen molar-refractivity contribution in [3.05, 3.63) is 30.6 Å². The van der Waals surface area contributed by atoms with Crippen LogP contribution in [0.15, 0.2) is 29.9 Å². The first-order valence-electron chi connectivity index (χ1n) is 6.74. The Hall–Kier alpha value is -2.32. The molecule has 1 aromatic rings. The summed E-state index contributed by atoms with van der Waals surface area (Å²) in [7, 11) is 0. The normalized spacial score (nSPS) is 11.9. The van der Waals surface area contributed by atoms with E-state index in [1.807, 2.05) is 6.92 Å². The molecule has 0 aliphatic heterocycles. The van der Waals surface area contributed by atoms with E-state index in [0.29, 0.717) is 32.1 Å². The molecule has 0 fully saturated rings. The summed E-state index contributed by atoms with van der Waals surface area (Å²) < 4.78 is 37.5. The fourth-order valence-electron chi connectivity index (χ4n) is 1.45. The van der Waals surface area contributed by atoms with Crippen LogP contribution in [0.2, 0.25) is 0 Å². The van der Waals surface area contributed by atoms with E-state index in [9.17, 15) is 13.2 Å². The maximum Gasteiger partial charge on any atom is 0.433 e. The number of hydrogen-bond donors (Lipinski definition) is 3. The molecule has 0 radical (unpaired) electrons. The Morgan fingerprint density at radius 2 is 2.18 bits per heavy atom. The molecular formula is C13H19F3N6. The molecule has 22 heavy (non-hydrogen) atoms. The van der Waals surface area contributed by atoms with Gasteiger partial charge in [0.05, 0.1) is 6.54 Å². The van der Waals surface area contributed by atoms with Gasteiger partial charge in [-0.15, -0.1) is 6.58 Å². The molecule has 0 unspecified atom stereocenters. The van der Waals surface area contributed by atoms with Crippen molar-refractivity contribution >= 4 is 11.9 Å². The minimum atomic E-state index is -4.48. The van der Waals surface area contributed by atoms with Gasteiger partial charge in [0, 0.05) is 25.8 Å². The number of rotatable bonds is 7. The van der Waals surface area contributed by atoms with Gasteiger partial charge in [-0.25, -0.2) is 9.97 Å². The van der Waals surface area contributed by atoms with Gasteiger partial charge in [-0.2, -0.15) is 13.2 Å². The third-order valence-corrected chi connectivity index (χ3v) is 2.37. The summed E-state index contributed by atoms with van der Waals surface area (Å²) in [6.07, 6.45) is -1.72. The Morgan fingerprint density at radius 1 is 1.41 bits per heavy atom. The summed E-state index contributed by atoms with van der Waals surface area (Å²) in [4.78, 5) is 11.4. The van der Waals surface area contributed by atoms with Crippen LogP contribution in [0.25, 0.3) is 0 Å². The first kappa shape index (κ1) is 17.7. The number of alkyl halides is 3. The molecule has 1 aromatic heterocycles. The second-order valence-electron chi connectivity index (χ2n) is 4.12. The third-order valence-electron chi connectivity index (χ3n) is 2.37. The minimum absolute atomic E-state index is 0.0749. The number of aliphatic imine (C=N–C) groups is 1. The molecule has 0 aromatic carbocycles. The van der Waals surface area contributed by atoms with Crippen LogP contribution in [-0.4, -0.2) is 42.1 Å². The van der Waals surface area contributed by atoms with Crippen LogP contribution in [0.5, 0.6) is 0 Å². The van der Waals surface area contributed by atoms with Gasteiger partial charge in [0.25, 0.3) is 0 Å². The molecule has 122 valence electrons. The summed E-state index contributed by atoms with van der Waals surface area (Å²) in [5.74, 6) is 0.531. The summed E-state index contributed by atoms with van der Waals surface area (Å²) >= 11 is 0. The molecule has 0 saturated heterocycles. The smallest absolute Gasteiger partial charge is 0.357 e. The van der Waals surface area contributed by atoms with Crippen molar-refractivity contribution < 1.29 is 13.2 Å². The van der Waals surface area contributed by atoms with Gasteiger partial charge in [0.15, 0.2) is 5.96 Å². The second-order valence-corrected chi connectivity index (χ2v) is 4.12. The van der Waals surface area contributed by atoms with Gasteiger partial charge in [-0.3, -0.25) is 4.99 Å². The van der Waals surface area contributed by atoms with Gasteiger partial charge in [0.2, 0.25) is 5.95 Å². The zero-order chi connectivity index (χ0) is 16.4. The number of nitrogens with zero attached hydrogens (tertiary/aromatic N) is 3. The van der Waals surface area contributed by atoms with Crippen LogP contribution >= 0.6 is 0 Å². The lowest BCUT2D eigenvalue weighted by Gasteiger charge is -2.10. The minimum Gasteiger partial charge on any atom is -0.357 e. The van der Waals surface area contributed by atoms with E-state index in [0.717, 1.165) is 12.3 Å². The van der Waals surface area contributed by atoms with Crippen LogP contribution in [0.1, 0.15) is 12.6 Å². The predicted octanol–water partition coefficient (Wildman–Crippen LogP) is 1.65. The van der Waals surface area contributed by atoms with Crippen LogP contribution in [0.4, 0.5) is 19.1 Å². The largest absolute Gasteiger partial charge is 0.433 e. The highest BCUT2D eigenvalue weighted by Crippen LogP contribution is 2.27. The van der Waals surface area contributed by atoms with Crippen LogP contribution in [-0.2, 0) is 6.18 Å². The van der Waals surface area contributed by atoms with Crippen molar-refractivity contribution in [3.8, 4) is 0 Å². The SMILES string of the molecule is C=CCNC(=NCCNc1nccc(C(F)(F)F)n1)NCC. The molecule has 3 N–H and O–H groups in total. The van der Waals surface area contributed by atoms with Crippen molar-refractivity contribution in [2.75, 3.05) is 31.5 Å². The molecule has 1 rings (SSSR count). The predicted molar refractivity (Wildman–Crippen MR) is 79.7 cm³/mol. The number of nitrogens with one attached hydrogen (secondary N) is 3. The topological polar surface area (TPSA) is 74.2 Å². The number of hydrogen-bond acceptors (Lipinski definition) is 4. The Bertz CT molecular complexity index is 501. The Labute approximate surface area is 127 Å². The highest BCUT2D eigenvalue weighted by molar-refractivity contribution is 5.79. The summed E-state index contributed by atoms with van der Waals surface area (Å²) in [6, 6.07) is 0.825. The lowest BCUT2D eigenvalue weighted by atomic mass is 10.4. The fourth-order valence-corrected chi connectivity index (χ4v) is 1.45. The lowest BCUT2D eigenvalue weighted by Crippen LogP contribution is -2.37. The average molecular weight is 316 g/mol. The standard InChI is InChI=1S/C13H19F3N6/c1-3-6-18-11(17-4-2)20-8-9-21-12-19-7-5-10(22-12)13(14,15)16/h3,5,7H,1,4,6,8-9H2,2H3,(H2,17,18,20)(H,19,21,22). The molecule has 0 amide bonds. The molecule has 0 atom stereocenters. The number of halogens is 3. The Kier molecular flexibility index (Phi) is 7.14. The van der Waals surface area contributed by atoms with Crippen LogP contribution < -0.4 is 16.0 Å². The summed E-state index contributed by atoms with van der Waals surface area (Å²) in [5.41, 5.74) is -0.977. The monoisotopic (exact) mass is 316 g/mol. The van der Waals surface area contributed by atoms with Gasteiger partial charge < -0.3 is 16.0 Å². The molecule has 0 bridgehead atoms. The molecule has 6 nitrogen and oxygen atoms in total. The van der Waals surface area contributed by atoms with Crippen LogP contribution in [0.3, 0.4) is 0 Å². The molecule has 1 heterocycles. The van der Waals surface area contributed by atoms with Gasteiger partial charge >= 0.3 is 6.18 Å². The maximum atomic E-state index is 12.5. The van der Waals surface area contributed by atoms with Crippen molar-refractivity contribution in [2.45, 2.75) is 13.1 Å². The second kappa shape index (κ2) is 8.85. The van der Waals surface area contributed by atoms with E-state index in [2.05, 4.69) is 37.5 Å². The zero-order valence-electron chi connectivity index (χ0n) is 12.2. The quantitative estimate of drug-likeness (QED) is 0.309. The maximum absolute atomic E-state index is 12.5. The molecule has 0 spiro atoms. The first-order chi connectivity index (χ1) is 10.5. The molecular weight excluding hydrogens is 297 g/mol. The van der Waals surface area contributed by atoms with Gasteiger partial charge in [0.1, 0.15) is 5.69 Å². The molecule has 0 aliphatic carbocycles. The summed E-state index contributed by atoms with van der Waals surface area (Å²) in [5, 5.41) is 8.75. The van der Waals surface area contributed by atoms with E-state index >= 15 is 0 Å². The highest BCUT2D eigenvalue weighted by Gasteiger charge is 2.32. The first-order valence-corrected chi connectivity index (χ1v) is 6.74. The van der Waals surface area contributed by atoms with Crippen molar-refractivity contribution in [2.24, 2.45) is 4.99 Å².